The van der Waals surface area contributed by atoms with Gasteiger partial charge in [0.15, 0.2) is 0 Å². The molecule has 3 rings (SSSR count). The molecule has 0 aliphatic heterocycles. The molecule has 2 atom stereocenters. The molecule has 2 aromatic carbocycles. The predicted molar refractivity (Wildman–Crippen MR) is 101 cm³/mol. The molecule has 1 fully saturated rings. The van der Waals surface area contributed by atoms with Gasteiger partial charge in [0.05, 0.1) is 11.8 Å². The van der Waals surface area contributed by atoms with E-state index in [4.69, 9.17) is 0 Å². The molecule has 0 saturated heterocycles. The molecule has 0 aromatic heterocycles. The summed E-state index contributed by atoms with van der Waals surface area (Å²) in [5.41, 5.74) is 6.14. The summed E-state index contributed by atoms with van der Waals surface area (Å²) in [6, 6.07) is 11.7. The molecule has 130 valence electrons. The molecule has 0 bridgehead atoms. The fraction of sp³-hybridized carbons (Fsp3) is 0.333. The van der Waals surface area contributed by atoms with Crippen molar-refractivity contribution in [3.63, 3.8) is 0 Å². The van der Waals surface area contributed by atoms with E-state index in [1.54, 1.807) is 0 Å². The third-order valence-electron chi connectivity index (χ3n) is 5.10. The van der Waals surface area contributed by atoms with Gasteiger partial charge < -0.3 is 10.6 Å². The van der Waals surface area contributed by atoms with E-state index >= 15 is 0 Å². The largest absolute Gasteiger partial charge is 0.326 e. The number of carbonyl (C=O) groups is 2. The lowest BCUT2D eigenvalue weighted by molar-refractivity contribution is -0.122. The molecular formula is C21H24N2O2. The molecule has 1 aliphatic carbocycles. The highest BCUT2D eigenvalue weighted by molar-refractivity contribution is 6.03. The number of rotatable bonds is 4. The molecule has 4 nitrogen and oxygen atoms in total. The fourth-order valence-corrected chi connectivity index (χ4v) is 2.94. The Morgan fingerprint density at radius 3 is 2.20 bits per heavy atom. The molecule has 0 radical (unpaired) electrons. The lowest BCUT2D eigenvalue weighted by Crippen LogP contribution is -2.21. The van der Waals surface area contributed by atoms with Gasteiger partial charge in [-0.25, -0.2) is 0 Å². The number of hydrogen-bond acceptors (Lipinski definition) is 2. The number of benzene rings is 2. The average Bonchev–Trinajstić information content (AvgIpc) is 3.36. The van der Waals surface area contributed by atoms with Gasteiger partial charge in [-0.15, -0.1) is 0 Å². The minimum atomic E-state index is -0.244. The van der Waals surface area contributed by atoms with E-state index in [1.807, 2.05) is 64.1 Å². The smallest absolute Gasteiger partial charge is 0.228 e. The Balaban J connectivity index is 1.59. The molecule has 2 unspecified atom stereocenters. The van der Waals surface area contributed by atoms with Gasteiger partial charge >= 0.3 is 0 Å². The third-order valence-corrected chi connectivity index (χ3v) is 5.10. The maximum atomic E-state index is 12.4. The molecule has 25 heavy (non-hydrogen) atoms. The Labute approximate surface area is 148 Å². The van der Waals surface area contributed by atoms with Crippen molar-refractivity contribution in [3.8, 4) is 0 Å². The van der Waals surface area contributed by atoms with Crippen LogP contribution in [-0.2, 0) is 9.59 Å². The lowest BCUT2D eigenvalue weighted by atomic mass is 10.1. The number of hydrogen-bond donors (Lipinski definition) is 2. The Morgan fingerprint density at radius 2 is 1.52 bits per heavy atom. The summed E-state index contributed by atoms with van der Waals surface area (Å²) in [4.78, 5) is 24.8. The van der Waals surface area contributed by atoms with Crippen molar-refractivity contribution in [2.45, 2.75) is 34.1 Å². The standard InChI is InChI=1S/C21H24N2O2/c1-12-8-9-16(10-14(12)3)22-20(24)17-11-18(17)21(25)23-19-7-5-6-13(2)15(19)4/h5-10,17-18H,11H2,1-4H3,(H,22,24)(H,23,25). The average molecular weight is 336 g/mol. The Hall–Kier alpha value is -2.62. The van der Waals surface area contributed by atoms with Crippen molar-refractivity contribution >= 4 is 23.2 Å². The monoisotopic (exact) mass is 336 g/mol. The van der Waals surface area contributed by atoms with Crippen molar-refractivity contribution in [3.05, 3.63) is 58.7 Å². The van der Waals surface area contributed by atoms with Crippen LogP contribution in [0.2, 0.25) is 0 Å². The predicted octanol–water partition coefficient (Wildman–Crippen LogP) is 4.13. The molecular weight excluding hydrogens is 312 g/mol. The molecule has 1 saturated carbocycles. The van der Waals surface area contributed by atoms with Gasteiger partial charge in [0.25, 0.3) is 0 Å². The highest BCUT2D eigenvalue weighted by Crippen LogP contribution is 2.40. The summed E-state index contributed by atoms with van der Waals surface area (Å²) in [6.45, 7) is 8.06. The molecule has 2 aromatic rings. The first-order valence-corrected chi connectivity index (χ1v) is 8.62. The molecule has 1 aliphatic rings. The Morgan fingerprint density at radius 1 is 0.840 bits per heavy atom. The van der Waals surface area contributed by atoms with Crippen molar-refractivity contribution in [1.29, 1.82) is 0 Å². The van der Waals surface area contributed by atoms with Gasteiger partial charge in [0.1, 0.15) is 0 Å². The van der Waals surface area contributed by atoms with E-state index in [0.29, 0.717) is 6.42 Å². The zero-order chi connectivity index (χ0) is 18.1. The summed E-state index contributed by atoms with van der Waals surface area (Å²) < 4.78 is 0. The first kappa shape index (κ1) is 17.2. The minimum absolute atomic E-state index is 0.0751. The van der Waals surface area contributed by atoms with Crippen LogP contribution in [-0.4, -0.2) is 11.8 Å². The SMILES string of the molecule is Cc1ccc(NC(=O)C2CC2C(=O)Nc2cccc(C)c2C)cc1C. The maximum Gasteiger partial charge on any atom is 0.228 e. The van der Waals surface area contributed by atoms with Crippen molar-refractivity contribution in [2.75, 3.05) is 10.6 Å². The molecule has 2 amide bonds. The molecule has 4 heteroatoms. The van der Waals surface area contributed by atoms with E-state index < -0.39 is 0 Å². The van der Waals surface area contributed by atoms with E-state index in [1.165, 1.54) is 5.56 Å². The summed E-state index contributed by atoms with van der Waals surface area (Å²) in [5, 5.41) is 5.88. The van der Waals surface area contributed by atoms with E-state index in [2.05, 4.69) is 10.6 Å². The summed E-state index contributed by atoms with van der Waals surface area (Å²) in [5.74, 6) is -0.642. The van der Waals surface area contributed by atoms with Crippen LogP contribution >= 0.6 is 0 Å². The highest BCUT2D eigenvalue weighted by Gasteiger charge is 2.48. The van der Waals surface area contributed by atoms with Gasteiger partial charge in [0.2, 0.25) is 11.8 Å². The quantitative estimate of drug-likeness (QED) is 0.882. The second kappa shape index (κ2) is 6.71. The number of amides is 2. The zero-order valence-electron chi connectivity index (χ0n) is 15.1. The fourth-order valence-electron chi connectivity index (χ4n) is 2.94. The summed E-state index contributed by atoms with van der Waals surface area (Å²) >= 11 is 0. The van der Waals surface area contributed by atoms with Crippen LogP contribution in [0, 0.1) is 39.5 Å². The van der Waals surface area contributed by atoms with E-state index in [-0.39, 0.29) is 23.7 Å². The second-order valence-electron chi connectivity index (χ2n) is 6.97. The van der Waals surface area contributed by atoms with Gasteiger partial charge in [0, 0.05) is 11.4 Å². The molecule has 0 heterocycles. The van der Waals surface area contributed by atoms with Crippen molar-refractivity contribution < 1.29 is 9.59 Å². The van der Waals surface area contributed by atoms with Crippen LogP contribution in [0.3, 0.4) is 0 Å². The van der Waals surface area contributed by atoms with Crippen molar-refractivity contribution in [1.82, 2.24) is 0 Å². The van der Waals surface area contributed by atoms with Crippen molar-refractivity contribution in [2.24, 2.45) is 11.8 Å². The normalized spacial score (nSPS) is 18.6. The minimum Gasteiger partial charge on any atom is -0.326 e. The first-order valence-electron chi connectivity index (χ1n) is 8.62. The number of carbonyl (C=O) groups excluding carboxylic acids is 2. The summed E-state index contributed by atoms with van der Waals surface area (Å²) in [7, 11) is 0. The van der Waals surface area contributed by atoms with Gasteiger partial charge in [-0.3, -0.25) is 9.59 Å². The topological polar surface area (TPSA) is 58.2 Å². The Kier molecular flexibility index (Phi) is 4.62. The van der Waals surface area contributed by atoms with E-state index in [9.17, 15) is 9.59 Å². The number of nitrogens with one attached hydrogen (secondary N) is 2. The first-order chi connectivity index (χ1) is 11.9. The van der Waals surface area contributed by atoms with Gasteiger partial charge in [-0.1, -0.05) is 18.2 Å². The lowest BCUT2D eigenvalue weighted by Gasteiger charge is -2.10. The Bertz CT molecular complexity index is 842. The zero-order valence-corrected chi connectivity index (χ0v) is 15.1. The molecule has 2 N–H and O–H groups in total. The maximum absolute atomic E-state index is 12.4. The summed E-state index contributed by atoms with van der Waals surface area (Å²) in [6.07, 6.45) is 0.605. The van der Waals surface area contributed by atoms with Crippen LogP contribution in [0.5, 0.6) is 0 Å². The third kappa shape index (κ3) is 3.73. The molecule has 0 spiro atoms. The number of anilines is 2. The van der Waals surface area contributed by atoms with E-state index in [0.717, 1.165) is 28.1 Å². The van der Waals surface area contributed by atoms with Crippen LogP contribution < -0.4 is 10.6 Å². The van der Waals surface area contributed by atoms with Gasteiger partial charge in [-0.05, 0) is 74.6 Å². The van der Waals surface area contributed by atoms with Crippen LogP contribution in [0.15, 0.2) is 36.4 Å². The van der Waals surface area contributed by atoms with Crippen LogP contribution in [0.1, 0.15) is 28.7 Å². The number of aryl methyl sites for hydroxylation is 3. The van der Waals surface area contributed by atoms with Gasteiger partial charge in [-0.2, -0.15) is 0 Å². The highest BCUT2D eigenvalue weighted by atomic mass is 16.2. The second-order valence-corrected chi connectivity index (χ2v) is 6.97. The van der Waals surface area contributed by atoms with Crippen LogP contribution in [0.25, 0.3) is 0 Å². The van der Waals surface area contributed by atoms with Crippen LogP contribution in [0.4, 0.5) is 11.4 Å².